The third-order valence-electron chi connectivity index (χ3n) is 2.20. The van der Waals surface area contributed by atoms with Gasteiger partial charge in [0, 0.05) is 17.1 Å². The zero-order valence-corrected chi connectivity index (χ0v) is 11.4. The molecule has 1 aromatic carbocycles. The second-order valence-electron chi connectivity index (χ2n) is 3.27. The molecule has 1 aromatic rings. The van der Waals surface area contributed by atoms with Gasteiger partial charge in [-0.1, -0.05) is 23.6 Å². The summed E-state index contributed by atoms with van der Waals surface area (Å²) in [6.07, 6.45) is 0. The maximum Gasteiger partial charge on any atom is 0.0581 e. The third-order valence-corrected chi connectivity index (χ3v) is 3.41. The predicted molar refractivity (Wildman–Crippen MR) is 72.4 cm³/mol. The first kappa shape index (κ1) is 13.5. The highest BCUT2D eigenvalue weighted by Crippen LogP contribution is 2.25. The van der Waals surface area contributed by atoms with Gasteiger partial charge in [0.05, 0.1) is 11.6 Å². The number of benzene rings is 1. The Labute approximate surface area is 110 Å². The number of hydrogen-bond donors (Lipinski definition) is 2. The van der Waals surface area contributed by atoms with Gasteiger partial charge in [-0.15, -0.1) is 5.92 Å². The van der Waals surface area contributed by atoms with E-state index < -0.39 is 0 Å². The molecule has 16 heavy (non-hydrogen) atoms. The fraction of sp³-hybridized carbons (Fsp3) is 0.333. The van der Waals surface area contributed by atoms with E-state index in [1.807, 2.05) is 25.1 Å². The molecule has 0 fully saturated rings. The minimum absolute atomic E-state index is 0.106. The lowest BCUT2D eigenvalue weighted by Gasteiger charge is -2.16. The molecule has 0 radical (unpaired) electrons. The van der Waals surface area contributed by atoms with Crippen molar-refractivity contribution in [2.24, 2.45) is 5.73 Å². The fourth-order valence-electron chi connectivity index (χ4n) is 1.33. The first-order valence-electron chi connectivity index (χ1n) is 4.97. The minimum Gasteiger partial charge on any atom is -0.329 e. The Hall–Kier alpha value is -0.530. The van der Waals surface area contributed by atoms with E-state index in [0.29, 0.717) is 18.1 Å². The van der Waals surface area contributed by atoms with Gasteiger partial charge in [-0.2, -0.15) is 0 Å². The Kier molecular flexibility index (Phi) is 5.86. The number of nitrogens with one attached hydrogen (secondary N) is 1. The van der Waals surface area contributed by atoms with Crippen molar-refractivity contribution in [1.82, 2.24) is 5.32 Å². The van der Waals surface area contributed by atoms with Crippen molar-refractivity contribution in [2.75, 3.05) is 13.1 Å². The van der Waals surface area contributed by atoms with E-state index in [4.69, 9.17) is 17.3 Å². The number of halogens is 2. The fourth-order valence-corrected chi connectivity index (χ4v) is 1.84. The molecule has 0 bridgehead atoms. The molecule has 0 heterocycles. The van der Waals surface area contributed by atoms with Gasteiger partial charge in [0.25, 0.3) is 0 Å². The molecule has 0 aliphatic rings. The average Bonchev–Trinajstić information content (AvgIpc) is 2.29. The van der Waals surface area contributed by atoms with E-state index in [-0.39, 0.29) is 6.04 Å². The Morgan fingerprint density at radius 3 is 2.88 bits per heavy atom. The highest BCUT2D eigenvalue weighted by Gasteiger charge is 2.09. The third kappa shape index (κ3) is 3.80. The summed E-state index contributed by atoms with van der Waals surface area (Å²) < 4.78 is 0.883. The van der Waals surface area contributed by atoms with Gasteiger partial charge in [0.1, 0.15) is 0 Å². The van der Waals surface area contributed by atoms with Crippen LogP contribution in [0.1, 0.15) is 18.5 Å². The van der Waals surface area contributed by atoms with Crippen molar-refractivity contribution in [2.45, 2.75) is 13.0 Å². The van der Waals surface area contributed by atoms with Crippen LogP contribution in [0.15, 0.2) is 22.7 Å². The molecule has 1 rings (SSSR count). The van der Waals surface area contributed by atoms with E-state index in [9.17, 15) is 0 Å². The van der Waals surface area contributed by atoms with Crippen LogP contribution in [0.3, 0.4) is 0 Å². The zero-order valence-electron chi connectivity index (χ0n) is 9.06. The van der Waals surface area contributed by atoms with Crippen LogP contribution in [0.2, 0.25) is 5.02 Å². The van der Waals surface area contributed by atoms with E-state index in [0.717, 1.165) is 10.0 Å². The number of nitrogens with two attached hydrogens (primary N) is 1. The van der Waals surface area contributed by atoms with Gasteiger partial charge in [-0.3, -0.25) is 5.32 Å². The Bertz CT molecular complexity index is 409. The maximum absolute atomic E-state index is 5.93. The minimum atomic E-state index is 0.106. The van der Waals surface area contributed by atoms with Crippen LogP contribution >= 0.6 is 27.5 Å². The lowest BCUT2D eigenvalue weighted by atomic mass is 10.1. The van der Waals surface area contributed by atoms with Crippen molar-refractivity contribution >= 4 is 27.5 Å². The molecule has 4 heteroatoms. The van der Waals surface area contributed by atoms with Crippen molar-refractivity contribution < 1.29 is 0 Å². The first-order chi connectivity index (χ1) is 7.69. The van der Waals surface area contributed by atoms with Gasteiger partial charge in [-0.25, -0.2) is 0 Å². The van der Waals surface area contributed by atoms with E-state index >= 15 is 0 Å². The van der Waals surface area contributed by atoms with Crippen molar-refractivity contribution in [3.8, 4) is 11.8 Å². The normalized spacial score (nSPS) is 11.8. The van der Waals surface area contributed by atoms with E-state index in [1.165, 1.54) is 0 Å². The average molecular weight is 302 g/mol. The summed E-state index contributed by atoms with van der Waals surface area (Å²) in [4.78, 5) is 0. The highest BCUT2D eigenvalue weighted by atomic mass is 79.9. The van der Waals surface area contributed by atoms with E-state index in [2.05, 4.69) is 33.1 Å². The molecule has 3 N–H and O–H groups in total. The van der Waals surface area contributed by atoms with Gasteiger partial charge < -0.3 is 5.73 Å². The second kappa shape index (κ2) is 6.93. The van der Waals surface area contributed by atoms with Gasteiger partial charge >= 0.3 is 0 Å². The molecule has 0 spiro atoms. The maximum atomic E-state index is 5.93. The molecule has 0 saturated carbocycles. The Balaban J connectivity index is 2.77. The summed E-state index contributed by atoms with van der Waals surface area (Å²) in [6.45, 7) is 2.98. The lowest BCUT2D eigenvalue weighted by molar-refractivity contribution is 0.582. The summed E-state index contributed by atoms with van der Waals surface area (Å²) in [5.74, 6) is 5.79. The monoisotopic (exact) mass is 300 g/mol. The standard InChI is InChI=1S/C12H14BrClN2/c1-2-3-6-16-12(8-15)9-4-5-11(14)10(13)7-9/h4-5,7,12,16H,6,8,15H2,1H3. The molecule has 86 valence electrons. The molecule has 1 atom stereocenters. The lowest BCUT2D eigenvalue weighted by Crippen LogP contribution is -2.28. The smallest absolute Gasteiger partial charge is 0.0581 e. The van der Waals surface area contributed by atoms with E-state index in [1.54, 1.807) is 0 Å². The molecule has 0 saturated heterocycles. The van der Waals surface area contributed by atoms with Crippen LogP contribution in [0.4, 0.5) is 0 Å². The van der Waals surface area contributed by atoms with Gasteiger partial charge in [0.15, 0.2) is 0 Å². The molecule has 1 unspecified atom stereocenters. The molecule has 0 aliphatic carbocycles. The topological polar surface area (TPSA) is 38.0 Å². The van der Waals surface area contributed by atoms with Crippen molar-refractivity contribution in [3.63, 3.8) is 0 Å². The van der Waals surface area contributed by atoms with Gasteiger partial charge in [0.2, 0.25) is 0 Å². The summed E-state index contributed by atoms with van der Waals surface area (Å²) in [5.41, 5.74) is 6.82. The largest absolute Gasteiger partial charge is 0.329 e. The number of rotatable bonds is 4. The summed E-state index contributed by atoms with van der Waals surface area (Å²) in [6, 6.07) is 5.91. The molecule has 0 aliphatic heterocycles. The Morgan fingerprint density at radius 2 is 2.31 bits per heavy atom. The summed E-state index contributed by atoms with van der Waals surface area (Å²) in [7, 11) is 0. The quantitative estimate of drug-likeness (QED) is 0.839. The van der Waals surface area contributed by atoms with Crippen molar-refractivity contribution in [1.29, 1.82) is 0 Å². The number of hydrogen-bond acceptors (Lipinski definition) is 2. The molecular formula is C12H14BrClN2. The van der Waals surface area contributed by atoms with Crippen LogP contribution in [-0.4, -0.2) is 13.1 Å². The zero-order chi connectivity index (χ0) is 12.0. The molecular weight excluding hydrogens is 288 g/mol. The van der Waals surface area contributed by atoms with Crippen LogP contribution in [0, 0.1) is 11.8 Å². The first-order valence-corrected chi connectivity index (χ1v) is 6.14. The summed E-state index contributed by atoms with van der Waals surface area (Å²) in [5, 5.41) is 3.97. The molecule has 2 nitrogen and oxygen atoms in total. The van der Waals surface area contributed by atoms with Crippen LogP contribution in [0.5, 0.6) is 0 Å². The van der Waals surface area contributed by atoms with Gasteiger partial charge in [-0.05, 0) is 40.5 Å². The SMILES string of the molecule is CC#CCNC(CN)c1ccc(Cl)c(Br)c1. The van der Waals surface area contributed by atoms with Crippen LogP contribution < -0.4 is 11.1 Å². The Morgan fingerprint density at radius 1 is 1.56 bits per heavy atom. The van der Waals surface area contributed by atoms with Crippen LogP contribution in [0.25, 0.3) is 0 Å². The molecule has 0 aromatic heterocycles. The predicted octanol–water partition coefficient (Wildman–Crippen LogP) is 2.72. The van der Waals surface area contributed by atoms with Crippen molar-refractivity contribution in [3.05, 3.63) is 33.3 Å². The second-order valence-corrected chi connectivity index (χ2v) is 4.53. The summed E-state index contributed by atoms with van der Waals surface area (Å²) >= 11 is 9.33. The van der Waals surface area contributed by atoms with Crippen LogP contribution in [-0.2, 0) is 0 Å². The highest BCUT2D eigenvalue weighted by molar-refractivity contribution is 9.10. The molecule has 0 amide bonds.